The highest BCUT2D eigenvalue weighted by atomic mass is 79.9. The summed E-state index contributed by atoms with van der Waals surface area (Å²) in [5, 5.41) is 5.04. The van der Waals surface area contributed by atoms with Gasteiger partial charge in [0.15, 0.2) is 0 Å². The molecular weight excluding hydrogens is 295 g/mol. The van der Waals surface area contributed by atoms with Gasteiger partial charge in [-0.15, -0.1) is 0 Å². The van der Waals surface area contributed by atoms with Crippen molar-refractivity contribution in [1.82, 2.24) is 10.9 Å². The predicted molar refractivity (Wildman–Crippen MR) is 67.6 cm³/mol. The number of alkyl halides is 1. The summed E-state index contributed by atoms with van der Waals surface area (Å²) in [5.74, 6) is 4.90. The molecule has 0 saturated carbocycles. The van der Waals surface area contributed by atoms with Crippen LogP contribution in [0.2, 0.25) is 5.02 Å². The number of carbonyl (C=O) groups excluding carboxylic acids is 1. The SMILES string of the molecule is NNC(=O)N/N=C(/CBr)c1ccc(Cl)cc1. The van der Waals surface area contributed by atoms with Gasteiger partial charge in [-0.05, 0) is 17.7 Å². The van der Waals surface area contributed by atoms with Crippen LogP contribution in [0.1, 0.15) is 5.56 Å². The Bertz CT molecular complexity index is 393. The fraction of sp³-hybridized carbons (Fsp3) is 0.111. The van der Waals surface area contributed by atoms with Crippen molar-refractivity contribution in [3.63, 3.8) is 0 Å². The number of hydrogen-bond acceptors (Lipinski definition) is 3. The molecule has 0 aliphatic carbocycles. The van der Waals surface area contributed by atoms with Crippen molar-refractivity contribution in [2.24, 2.45) is 10.9 Å². The van der Waals surface area contributed by atoms with Crippen LogP contribution < -0.4 is 16.7 Å². The van der Waals surface area contributed by atoms with Gasteiger partial charge in [0.2, 0.25) is 0 Å². The van der Waals surface area contributed by atoms with Gasteiger partial charge in [0.1, 0.15) is 0 Å². The first kappa shape index (κ1) is 13.0. The van der Waals surface area contributed by atoms with E-state index in [0.717, 1.165) is 5.56 Å². The van der Waals surface area contributed by atoms with Gasteiger partial charge in [0.25, 0.3) is 0 Å². The summed E-state index contributed by atoms with van der Waals surface area (Å²) in [4.78, 5) is 10.8. The average Bonchev–Trinajstić information content (AvgIpc) is 2.31. The Morgan fingerprint density at radius 1 is 1.44 bits per heavy atom. The van der Waals surface area contributed by atoms with Gasteiger partial charge < -0.3 is 0 Å². The smallest absolute Gasteiger partial charge is 0.274 e. The lowest BCUT2D eigenvalue weighted by Crippen LogP contribution is -2.37. The number of nitrogens with zero attached hydrogens (tertiary/aromatic N) is 1. The van der Waals surface area contributed by atoms with E-state index in [4.69, 9.17) is 17.4 Å². The Hall–Kier alpha value is -1.11. The zero-order valence-electron chi connectivity index (χ0n) is 8.21. The van der Waals surface area contributed by atoms with Crippen LogP contribution in [0.25, 0.3) is 0 Å². The van der Waals surface area contributed by atoms with Crippen LogP contribution in [0.3, 0.4) is 0 Å². The molecule has 0 spiro atoms. The van der Waals surface area contributed by atoms with E-state index in [-0.39, 0.29) is 0 Å². The van der Waals surface area contributed by atoms with Gasteiger partial charge in [0.05, 0.1) is 5.71 Å². The standard InChI is InChI=1S/C9H10BrClN4O/c10-5-8(14-15-9(16)13-12)6-1-3-7(11)4-2-6/h1-4H,5,12H2,(H2,13,15,16)/b14-8-. The molecule has 86 valence electrons. The van der Waals surface area contributed by atoms with E-state index in [1.165, 1.54) is 0 Å². The minimum atomic E-state index is -0.576. The van der Waals surface area contributed by atoms with Crippen LogP contribution in [-0.4, -0.2) is 17.1 Å². The van der Waals surface area contributed by atoms with Crippen molar-refractivity contribution in [2.75, 3.05) is 5.33 Å². The van der Waals surface area contributed by atoms with Crippen molar-refractivity contribution in [3.05, 3.63) is 34.9 Å². The van der Waals surface area contributed by atoms with E-state index in [2.05, 4.69) is 26.5 Å². The molecule has 0 aliphatic heterocycles. The number of hydrazine groups is 1. The maximum atomic E-state index is 10.8. The quantitative estimate of drug-likeness (QED) is 0.261. The number of hydrazone groups is 1. The van der Waals surface area contributed by atoms with Crippen molar-refractivity contribution >= 4 is 39.3 Å². The van der Waals surface area contributed by atoms with Crippen LogP contribution in [0.5, 0.6) is 0 Å². The third kappa shape index (κ3) is 3.80. The summed E-state index contributed by atoms with van der Waals surface area (Å²) in [7, 11) is 0. The molecule has 16 heavy (non-hydrogen) atoms. The highest BCUT2D eigenvalue weighted by Gasteiger charge is 2.03. The molecule has 1 aromatic carbocycles. The second kappa shape index (κ2) is 6.47. The number of carbonyl (C=O) groups is 1. The summed E-state index contributed by atoms with van der Waals surface area (Å²) < 4.78 is 0. The largest absolute Gasteiger partial charge is 0.349 e. The minimum absolute atomic E-state index is 0.499. The summed E-state index contributed by atoms with van der Waals surface area (Å²) in [6.07, 6.45) is 0. The second-order valence-electron chi connectivity index (χ2n) is 2.78. The second-order valence-corrected chi connectivity index (χ2v) is 3.78. The fourth-order valence-corrected chi connectivity index (χ4v) is 1.54. The first-order valence-electron chi connectivity index (χ1n) is 4.32. The molecule has 0 atom stereocenters. The molecule has 0 radical (unpaired) electrons. The molecule has 0 aromatic heterocycles. The van der Waals surface area contributed by atoms with Crippen LogP contribution in [0.4, 0.5) is 4.79 Å². The van der Waals surface area contributed by atoms with Crippen molar-refractivity contribution in [2.45, 2.75) is 0 Å². The lowest BCUT2D eigenvalue weighted by Gasteiger charge is -2.04. The van der Waals surface area contributed by atoms with Crippen LogP contribution >= 0.6 is 27.5 Å². The number of hydrogen-bond donors (Lipinski definition) is 3. The van der Waals surface area contributed by atoms with Crippen LogP contribution in [0, 0.1) is 0 Å². The van der Waals surface area contributed by atoms with Gasteiger partial charge >= 0.3 is 6.03 Å². The first-order valence-corrected chi connectivity index (χ1v) is 5.82. The van der Waals surface area contributed by atoms with E-state index in [1.54, 1.807) is 12.1 Å². The van der Waals surface area contributed by atoms with Crippen LogP contribution in [0.15, 0.2) is 29.4 Å². The Labute approximate surface area is 106 Å². The molecule has 4 N–H and O–H groups in total. The summed E-state index contributed by atoms with van der Waals surface area (Å²) >= 11 is 9.04. The molecule has 0 fully saturated rings. The maximum Gasteiger partial charge on any atom is 0.349 e. The Balaban J connectivity index is 2.81. The molecule has 0 unspecified atom stereocenters. The van der Waals surface area contributed by atoms with E-state index >= 15 is 0 Å². The van der Waals surface area contributed by atoms with E-state index in [0.29, 0.717) is 16.1 Å². The Morgan fingerprint density at radius 2 is 2.06 bits per heavy atom. The zero-order chi connectivity index (χ0) is 12.0. The fourth-order valence-electron chi connectivity index (χ4n) is 0.964. The molecule has 2 amide bonds. The lowest BCUT2D eigenvalue weighted by molar-refractivity contribution is 0.241. The van der Waals surface area contributed by atoms with Gasteiger partial charge in [-0.2, -0.15) is 5.10 Å². The lowest BCUT2D eigenvalue weighted by atomic mass is 10.1. The zero-order valence-corrected chi connectivity index (χ0v) is 10.5. The Morgan fingerprint density at radius 3 is 2.56 bits per heavy atom. The minimum Gasteiger partial charge on any atom is -0.274 e. The number of halogens is 2. The van der Waals surface area contributed by atoms with Crippen molar-refractivity contribution < 1.29 is 4.79 Å². The summed E-state index contributed by atoms with van der Waals surface area (Å²) in [6.45, 7) is 0. The molecule has 0 saturated heterocycles. The third-order valence-corrected chi connectivity index (χ3v) is 2.51. The van der Waals surface area contributed by atoms with Gasteiger partial charge in [-0.3, -0.25) is 5.43 Å². The molecule has 0 aliphatic rings. The number of rotatable bonds is 3. The van der Waals surface area contributed by atoms with Gasteiger partial charge in [0, 0.05) is 10.4 Å². The van der Waals surface area contributed by atoms with Crippen LogP contribution in [-0.2, 0) is 0 Å². The molecule has 5 nitrogen and oxygen atoms in total. The number of nitrogens with one attached hydrogen (secondary N) is 2. The first-order chi connectivity index (χ1) is 7.67. The molecule has 1 aromatic rings. The third-order valence-electron chi connectivity index (χ3n) is 1.73. The normalized spacial score (nSPS) is 11.1. The summed E-state index contributed by atoms with van der Waals surface area (Å²) in [5.41, 5.74) is 5.68. The van der Waals surface area contributed by atoms with Gasteiger partial charge in [-0.25, -0.2) is 16.1 Å². The van der Waals surface area contributed by atoms with E-state index < -0.39 is 6.03 Å². The van der Waals surface area contributed by atoms with E-state index in [9.17, 15) is 4.79 Å². The molecule has 0 bridgehead atoms. The topological polar surface area (TPSA) is 79.5 Å². The van der Waals surface area contributed by atoms with Crippen molar-refractivity contribution in [3.8, 4) is 0 Å². The maximum absolute atomic E-state index is 10.8. The average molecular weight is 306 g/mol. The number of amides is 2. The highest BCUT2D eigenvalue weighted by Crippen LogP contribution is 2.11. The Kier molecular flexibility index (Phi) is 5.24. The molecular formula is C9H10BrClN4O. The number of urea groups is 1. The predicted octanol–water partition coefficient (Wildman–Crippen LogP) is 1.61. The van der Waals surface area contributed by atoms with Gasteiger partial charge in [-0.1, -0.05) is 39.7 Å². The number of benzene rings is 1. The number of nitrogens with two attached hydrogens (primary N) is 1. The molecule has 0 heterocycles. The summed E-state index contributed by atoms with van der Waals surface area (Å²) in [6, 6.07) is 6.54. The van der Waals surface area contributed by atoms with Crippen molar-refractivity contribution in [1.29, 1.82) is 0 Å². The highest BCUT2D eigenvalue weighted by molar-refractivity contribution is 9.09. The van der Waals surface area contributed by atoms with E-state index in [1.807, 2.05) is 17.6 Å². The molecule has 1 rings (SSSR count). The molecule has 7 heteroatoms. The monoisotopic (exact) mass is 304 g/mol.